The first kappa shape index (κ1) is 16.7. The van der Waals surface area contributed by atoms with Gasteiger partial charge in [0.05, 0.1) is 0 Å². The van der Waals surface area contributed by atoms with E-state index in [0.29, 0.717) is 5.52 Å². The molecule has 0 aliphatic carbocycles. The largest absolute Gasteiger partial charge is 1.00 e. The van der Waals surface area contributed by atoms with E-state index >= 15 is 0 Å². The molecule has 100 valence electrons. The van der Waals surface area contributed by atoms with Crippen molar-refractivity contribution in [3.05, 3.63) is 43.6 Å². The van der Waals surface area contributed by atoms with Crippen molar-refractivity contribution >= 4 is 22.8 Å². The zero-order valence-electron chi connectivity index (χ0n) is 12.4. The molecule has 0 saturated carbocycles. The molecule has 1 saturated heterocycles. The number of thioether (sulfide) groups is 1. The molecule has 19 heavy (non-hydrogen) atoms. The van der Waals surface area contributed by atoms with Crippen molar-refractivity contribution < 1.29 is 40.5 Å². The van der Waals surface area contributed by atoms with E-state index in [4.69, 9.17) is 0 Å². The van der Waals surface area contributed by atoms with Gasteiger partial charge in [-0.3, -0.25) is 0 Å². The molecule has 0 bridgehead atoms. The molecule has 1 aliphatic rings. The molecule has 0 atom stereocenters. The Morgan fingerprint density at radius 2 is 1.89 bits per heavy atom. The summed E-state index contributed by atoms with van der Waals surface area (Å²) in [4.78, 5) is 3.03. The number of fused-ring (bicyclic) bond motifs is 1. The van der Waals surface area contributed by atoms with Gasteiger partial charge < -0.3 is 19.0 Å². The number of nitrogens with zero attached hydrogens (tertiary/aromatic N) is 3. The molecule has 1 aliphatic heterocycles. The van der Waals surface area contributed by atoms with Crippen molar-refractivity contribution in [2.24, 2.45) is 0 Å². The molecule has 5 nitrogen and oxygen atoms in total. The molecule has 1 aromatic carbocycles. The van der Waals surface area contributed by atoms with Crippen LogP contribution in [0, 0.1) is 19.3 Å². The molecule has 3 rings (SSSR count). The number of aromatic nitrogens is 3. The number of nitrogens with one attached hydrogen (secondary N) is 1. The van der Waals surface area contributed by atoms with E-state index in [1.165, 1.54) is 0 Å². The first-order chi connectivity index (χ1) is 8.34. The second-order valence-electron chi connectivity index (χ2n) is 4.02. The maximum absolute atomic E-state index is 11.6. The molecule has 0 spiro atoms. The predicted octanol–water partition coefficient (Wildman–Crippen LogP) is -2.33. The standard InChI is InChI=1S/C11H14N4OS.CH3.Na.H/c16-15-11-4-2-1-3-10(11)14(12-15)9-13-5-7-17-8-6-13;;;/h1-4,9,12H,5-8H2;1H3;;/q;-1;+1;-1. The summed E-state index contributed by atoms with van der Waals surface area (Å²) >= 11 is 1.97. The molecule has 1 N–H and O–H groups in total. The van der Waals surface area contributed by atoms with E-state index in [1.807, 2.05) is 42.7 Å². The number of H-pyrrole nitrogens is 1. The molecular weight excluding hydrogens is 271 g/mol. The Labute approximate surface area is 141 Å². The average molecular weight is 289 g/mol. The Hall–Kier alpha value is -0.400. The van der Waals surface area contributed by atoms with Gasteiger partial charge in [-0.05, 0) is 17.9 Å². The van der Waals surface area contributed by atoms with Crippen LogP contribution in [0.4, 0.5) is 0 Å². The summed E-state index contributed by atoms with van der Waals surface area (Å²) in [5.41, 5.74) is 1.57. The molecule has 1 aromatic heterocycles. The van der Waals surface area contributed by atoms with E-state index in [1.54, 1.807) is 4.68 Å². The van der Waals surface area contributed by atoms with Gasteiger partial charge in [0.1, 0.15) is 6.67 Å². The zero-order valence-corrected chi connectivity index (χ0v) is 14.2. The second-order valence-corrected chi connectivity index (χ2v) is 5.24. The minimum atomic E-state index is 0. The van der Waals surface area contributed by atoms with Gasteiger partial charge in [-0.1, -0.05) is 18.2 Å². The molecule has 7 heteroatoms. The smallest absolute Gasteiger partial charge is 1.00 e. The van der Waals surface area contributed by atoms with Crippen LogP contribution in [0.1, 0.15) is 1.43 Å². The van der Waals surface area contributed by atoms with E-state index < -0.39 is 0 Å². The Morgan fingerprint density at radius 1 is 1.26 bits per heavy atom. The molecule has 1 fully saturated rings. The van der Waals surface area contributed by atoms with Crippen molar-refractivity contribution in [2.75, 3.05) is 24.6 Å². The zero-order chi connectivity index (χ0) is 11.7. The fourth-order valence-electron chi connectivity index (χ4n) is 1.99. The number of benzene rings is 1. The van der Waals surface area contributed by atoms with Crippen LogP contribution in [-0.4, -0.2) is 34.7 Å². The molecule has 2 aromatic rings. The molecule has 2 heterocycles. The minimum absolute atomic E-state index is 0. The maximum Gasteiger partial charge on any atom is 1.00 e. The Bertz CT molecular complexity index is 533. The van der Waals surface area contributed by atoms with Crippen LogP contribution in [0.2, 0.25) is 0 Å². The third-order valence-electron chi connectivity index (χ3n) is 2.88. The van der Waals surface area contributed by atoms with Crippen LogP contribution in [0.3, 0.4) is 0 Å². The van der Waals surface area contributed by atoms with Crippen LogP contribution in [-0.2, 0) is 0 Å². The molecule has 0 amide bonds. The van der Waals surface area contributed by atoms with Crippen molar-refractivity contribution in [3.8, 4) is 0 Å². The Kier molecular flexibility index (Phi) is 6.49. The third-order valence-corrected chi connectivity index (χ3v) is 3.83. The van der Waals surface area contributed by atoms with Crippen molar-refractivity contribution in [3.63, 3.8) is 0 Å². The fraction of sp³-hybridized carbons (Fsp3) is 0.333. The number of aromatic amines is 1. The van der Waals surface area contributed by atoms with Crippen LogP contribution >= 0.6 is 11.8 Å². The van der Waals surface area contributed by atoms with Gasteiger partial charge in [0.15, 0.2) is 5.52 Å². The Balaban J connectivity index is 0.00000120. The topological polar surface area (TPSA) is 49.9 Å². The van der Waals surface area contributed by atoms with Crippen molar-refractivity contribution in [1.29, 1.82) is 0 Å². The predicted molar refractivity (Wildman–Crippen MR) is 73.6 cm³/mol. The normalized spacial score (nSPS) is 15.6. The van der Waals surface area contributed by atoms with E-state index in [0.717, 1.165) is 35.0 Å². The minimum Gasteiger partial charge on any atom is -1.00 e. The average Bonchev–Trinajstić information content (AvgIpc) is 2.69. The SMILES string of the molecule is [CH3-].[H-].[Na+].[O-][n+]1[nH][n+]([CH-]N2CCSCC2)c2ccccc21. The number of hydrogen-bond acceptors (Lipinski definition) is 3. The van der Waals surface area contributed by atoms with Gasteiger partial charge in [0.25, 0.3) is 0 Å². The van der Waals surface area contributed by atoms with Gasteiger partial charge in [0, 0.05) is 22.8 Å². The van der Waals surface area contributed by atoms with Gasteiger partial charge in [0.2, 0.25) is 5.52 Å². The van der Waals surface area contributed by atoms with Crippen molar-refractivity contribution in [2.45, 2.75) is 0 Å². The van der Waals surface area contributed by atoms with Crippen LogP contribution < -0.4 is 39.1 Å². The van der Waals surface area contributed by atoms with E-state index in [-0.39, 0.29) is 38.4 Å². The first-order valence-electron chi connectivity index (χ1n) is 5.63. The van der Waals surface area contributed by atoms with Gasteiger partial charge in [-0.25, -0.2) is 0 Å². The summed E-state index contributed by atoms with van der Waals surface area (Å²) < 4.78 is 1.79. The van der Waals surface area contributed by atoms with E-state index in [9.17, 15) is 5.21 Å². The summed E-state index contributed by atoms with van der Waals surface area (Å²) in [6.45, 7) is 4.05. The monoisotopic (exact) mass is 289 g/mol. The summed E-state index contributed by atoms with van der Waals surface area (Å²) in [6.07, 6.45) is 0. The third kappa shape index (κ3) is 3.58. The van der Waals surface area contributed by atoms with Crippen LogP contribution in [0.15, 0.2) is 24.3 Å². The van der Waals surface area contributed by atoms with Crippen molar-refractivity contribution in [1.82, 2.24) is 10.1 Å². The maximum atomic E-state index is 11.6. The number of para-hydroxylation sites is 2. The second kappa shape index (κ2) is 7.40. The summed E-state index contributed by atoms with van der Waals surface area (Å²) in [5, 5.41) is 14.4. The van der Waals surface area contributed by atoms with Gasteiger partial charge in [-0.2, -0.15) is 16.4 Å². The fourth-order valence-corrected chi connectivity index (χ4v) is 2.92. The van der Waals surface area contributed by atoms with Crippen LogP contribution in [0.5, 0.6) is 0 Å². The van der Waals surface area contributed by atoms with Gasteiger partial charge in [-0.15, -0.1) is 0 Å². The van der Waals surface area contributed by atoms with E-state index in [2.05, 4.69) is 10.1 Å². The molecule has 0 radical (unpaired) electrons. The quantitative estimate of drug-likeness (QED) is 0.292. The number of hydrogen-bond donors (Lipinski definition) is 1. The Morgan fingerprint density at radius 3 is 2.58 bits per heavy atom. The first-order valence-corrected chi connectivity index (χ1v) is 6.79. The summed E-state index contributed by atoms with van der Waals surface area (Å²) in [6, 6.07) is 7.56. The van der Waals surface area contributed by atoms with Crippen LogP contribution in [0.25, 0.3) is 11.0 Å². The summed E-state index contributed by atoms with van der Waals surface area (Å²) in [7, 11) is 0. The molecular formula is C12H18N4NaOS-. The molecule has 0 unspecified atom stereocenters. The van der Waals surface area contributed by atoms with Gasteiger partial charge >= 0.3 is 29.6 Å². The summed E-state index contributed by atoms with van der Waals surface area (Å²) in [5.74, 6) is 2.29. The number of rotatable bonds is 2.